The molecule has 96 valence electrons. The lowest BCUT2D eigenvalue weighted by molar-refractivity contribution is 0.260. The number of benzene rings is 1. The first-order valence-electron chi connectivity index (χ1n) is 6.34. The van der Waals surface area contributed by atoms with Gasteiger partial charge in [-0.1, -0.05) is 43.8 Å². The summed E-state index contributed by atoms with van der Waals surface area (Å²) in [6, 6.07) is 14.5. The lowest BCUT2D eigenvalue weighted by atomic mass is 10.4. The number of rotatable bonds is 6. The van der Waals surface area contributed by atoms with Crippen molar-refractivity contribution in [2.75, 3.05) is 13.1 Å². The molecular formula is C15H19NOS. The van der Waals surface area contributed by atoms with Gasteiger partial charge in [-0.3, -0.25) is 4.90 Å². The van der Waals surface area contributed by atoms with E-state index >= 15 is 0 Å². The third-order valence-corrected chi connectivity index (χ3v) is 4.22. The highest BCUT2D eigenvalue weighted by Gasteiger charge is 2.21. The van der Waals surface area contributed by atoms with Crippen molar-refractivity contribution >= 4 is 11.8 Å². The zero-order valence-electron chi connectivity index (χ0n) is 10.9. The van der Waals surface area contributed by atoms with E-state index in [1.807, 2.05) is 23.9 Å². The van der Waals surface area contributed by atoms with Gasteiger partial charge in [0, 0.05) is 4.90 Å². The van der Waals surface area contributed by atoms with Crippen LogP contribution in [0.3, 0.4) is 0 Å². The van der Waals surface area contributed by atoms with Crippen molar-refractivity contribution in [2.24, 2.45) is 0 Å². The summed E-state index contributed by atoms with van der Waals surface area (Å²) in [4.78, 5) is 3.67. The van der Waals surface area contributed by atoms with E-state index in [1.165, 1.54) is 4.90 Å². The Bertz CT molecular complexity index is 437. The first kappa shape index (κ1) is 13.2. The molecule has 3 heteroatoms. The highest BCUT2D eigenvalue weighted by molar-refractivity contribution is 7.99. The van der Waals surface area contributed by atoms with E-state index in [9.17, 15) is 0 Å². The van der Waals surface area contributed by atoms with Crippen LogP contribution in [0.1, 0.15) is 25.0 Å². The second kappa shape index (κ2) is 6.66. The number of hydrogen-bond acceptors (Lipinski definition) is 3. The normalized spacial score (nSPS) is 12.8. The molecule has 0 saturated heterocycles. The Labute approximate surface area is 113 Å². The first-order valence-corrected chi connectivity index (χ1v) is 7.22. The zero-order chi connectivity index (χ0) is 12.8. The van der Waals surface area contributed by atoms with Gasteiger partial charge in [0.05, 0.1) is 6.26 Å². The Morgan fingerprint density at radius 1 is 1.06 bits per heavy atom. The van der Waals surface area contributed by atoms with Crippen molar-refractivity contribution in [1.82, 2.24) is 4.90 Å². The Morgan fingerprint density at radius 2 is 1.78 bits per heavy atom. The van der Waals surface area contributed by atoms with Crippen molar-refractivity contribution in [3.63, 3.8) is 0 Å². The molecule has 0 N–H and O–H groups in total. The van der Waals surface area contributed by atoms with Crippen LogP contribution in [0.4, 0.5) is 0 Å². The number of thioether (sulfide) groups is 1. The molecule has 1 atom stereocenters. The average Bonchev–Trinajstić information content (AvgIpc) is 2.94. The van der Waals surface area contributed by atoms with Gasteiger partial charge in [0.2, 0.25) is 0 Å². The minimum atomic E-state index is 0.248. The predicted molar refractivity (Wildman–Crippen MR) is 76.7 cm³/mol. The van der Waals surface area contributed by atoms with E-state index in [4.69, 9.17) is 4.42 Å². The quantitative estimate of drug-likeness (QED) is 0.566. The molecule has 18 heavy (non-hydrogen) atoms. The maximum atomic E-state index is 5.59. The van der Waals surface area contributed by atoms with E-state index in [1.54, 1.807) is 6.26 Å². The molecule has 0 saturated carbocycles. The Balaban J connectivity index is 2.20. The minimum Gasteiger partial charge on any atom is -0.467 e. The lowest BCUT2D eigenvalue weighted by Crippen LogP contribution is -2.26. The molecular weight excluding hydrogens is 242 g/mol. The summed E-state index contributed by atoms with van der Waals surface area (Å²) >= 11 is 1.84. The molecule has 2 rings (SSSR count). The molecule has 2 aromatic rings. The summed E-state index contributed by atoms with van der Waals surface area (Å²) in [6.45, 7) is 6.40. The summed E-state index contributed by atoms with van der Waals surface area (Å²) in [6.07, 6.45) is 1.75. The van der Waals surface area contributed by atoms with Crippen LogP contribution in [-0.2, 0) is 0 Å². The highest BCUT2D eigenvalue weighted by Crippen LogP contribution is 2.37. The average molecular weight is 261 g/mol. The first-order chi connectivity index (χ1) is 8.85. The molecule has 0 bridgehead atoms. The van der Waals surface area contributed by atoms with Gasteiger partial charge in [0.1, 0.15) is 11.1 Å². The van der Waals surface area contributed by atoms with Gasteiger partial charge in [-0.05, 0) is 37.4 Å². The topological polar surface area (TPSA) is 16.4 Å². The molecule has 1 unspecified atom stereocenters. The largest absolute Gasteiger partial charge is 0.467 e. The van der Waals surface area contributed by atoms with Crippen molar-refractivity contribution in [3.05, 3.63) is 54.5 Å². The zero-order valence-corrected chi connectivity index (χ0v) is 11.7. The van der Waals surface area contributed by atoms with Crippen LogP contribution in [0.2, 0.25) is 0 Å². The van der Waals surface area contributed by atoms with Crippen molar-refractivity contribution in [2.45, 2.75) is 24.1 Å². The minimum absolute atomic E-state index is 0.248. The highest BCUT2D eigenvalue weighted by atomic mass is 32.2. The lowest BCUT2D eigenvalue weighted by Gasteiger charge is -2.27. The van der Waals surface area contributed by atoms with Crippen LogP contribution in [0, 0.1) is 0 Å². The number of hydrogen-bond donors (Lipinski definition) is 0. The molecule has 0 aliphatic rings. The van der Waals surface area contributed by atoms with E-state index < -0.39 is 0 Å². The van der Waals surface area contributed by atoms with Crippen molar-refractivity contribution < 1.29 is 4.42 Å². The SMILES string of the molecule is CCN(CC)C(Sc1ccccc1)c1ccco1. The van der Waals surface area contributed by atoms with Crippen LogP contribution in [0.25, 0.3) is 0 Å². The molecule has 2 nitrogen and oxygen atoms in total. The molecule has 0 spiro atoms. The third-order valence-electron chi connectivity index (χ3n) is 2.92. The number of nitrogens with zero attached hydrogens (tertiary/aromatic N) is 1. The van der Waals surface area contributed by atoms with Crippen LogP contribution in [0.5, 0.6) is 0 Å². The van der Waals surface area contributed by atoms with Crippen LogP contribution in [0.15, 0.2) is 58.0 Å². The Kier molecular flexibility index (Phi) is 4.90. The van der Waals surface area contributed by atoms with Crippen molar-refractivity contribution in [3.8, 4) is 0 Å². The summed E-state index contributed by atoms with van der Waals surface area (Å²) in [7, 11) is 0. The second-order valence-electron chi connectivity index (χ2n) is 4.02. The molecule has 1 aromatic carbocycles. The number of furan rings is 1. The molecule has 0 fully saturated rings. The molecule has 1 aromatic heterocycles. The monoisotopic (exact) mass is 261 g/mol. The third kappa shape index (κ3) is 3.18. The second-order valence-corrected chi connectivity index (χ2v) is 5.17. The van der Waals surface area contributed by atoms with Gasteiger partial charge in [-0.25, -0.2) is 0 Å². The predicted octanol–water partition coefficient (Wildman–Crippen LogP) is 4.41. The summed E-state index contributed by atoms with van der Waals surface area (Å²) in [5.74, 6) is 1.02. The maximum Gasteiger partial charge on any atom is 0.131 e. The van der Waals surface area contributed by atoms with Gasteiger partial charge in [-0.15, -0.1) is 0 Å². The fourth-order valence-corrected chi connectivity index (χ4v) is 3.20. The Morgan fingerprint density at radius 3 is 2.33 bits per heavy atom. The van der Waals surface area contributed by atoms with Gasteiger partial charge in [-0.2, -0.15) is 0 Å². The summed E-state index contributed by atoms with van der Waals surface area (Å²) in [5, 5.41) is 0.248. The fourth-order valence-electron chi connectivity index (χ4n) is 1.93. The van der Waals surface area contributed by atoms with E-state index in [2.05, 4.69) is 49.1 Å². The van der Waals surface area contributed by atoms with Crippen LogP contribution in [-0.4, -0.2) is 18.0 Å². The molecule has 0 aliphatic carbocycles. The Hall–Kier alpha value is -1.19. The molecule has 0 amide bonds. The van der Waals surface area contributed by atoms with Crippen molar-refractivity contribution in [1.29, 1.82) is 0 Å². The maximum absolute atomic E-state index is 5.59. The summed E-state index contributed by atoms with van der Waals surface area (Å²) in [5.41, 5.74) is 0. The van der Waals surface area contributed by atoms with E-state index in [0.29, 0.717) is 0 Å². The molecule has 0 radical (unpaired) electrons. The van der Waals surface area contributed by atoms with E-state index in [-0.39, 0.29) is 5.37 Å². The standard InChI is InChI=1S/C15H19NOS/c1-3-16(4-2)15(14-11-8-12-17-14)18-13-9-6-5-7-10-13/h5-12,15H,3-4H2,1-2H3. The van der Waals surface area contributed by atoms with E-state index in [0.717, 1.165) is 18.8 Å². The fraction of sp³-hybridized carbons (Fsp3) is 0.333. The van der Waals surface area contributed by atoms with Gasteiger partial charge >= 0.3 is 0 Å². The molecule has 0 aliphatic heterocycles. The van der Waals surface area contributed by atoms with Gasteiger partial charge < -0.3 is 4.42 Å². The van der Waals surface area contributed by atoms with Crippen LogP contribution >= 0.6 is 11.8 Å². The summed E-state index contributed by atoms with van der Waals surface area (Å²) < 4.78 is 5.59. The van der Waals surface area contributed by atoms with Gasteiger partial charge in [0.15, 0.2) is 0 Å². The van der Waals surface area contributed by atoms with Crippen LogP contribution < -0.4 is 0 Å². The smallest absolute Gasteiger partial charge is 0.131 e. The molecule has 1 heterocycles. The van der Waals surface area contributed by atoms with Gasteiger partial charge in [0.25, 0.3) is 0 Å².